The van der Waals surface area contributed by atoms with Gasteiger partial charge in [-0.05, 0) is 31.0 Å². The van der Waals surface area contributed by atoms with Gasteiger partial charge in [-0.2, -0.15) is 0 Å². The van der Waals surface area contributed by atoms with E-state index in [0.717, 1.165) is 10.4 Å². The van der Waals surface area contributed by atoms with Crippen LogP contribution >= 0.6 is 11.3 Å². The molecule has 2 N–H and O–H groups in total. The quantitative estimate of drug-likeness (QED) is 0.862. The van der Waals surface area contributed by atoms with Crippen LogP contribution in [0.15, 0.2) is 46.7 Å². The highest BCUT2D eigenvalue weighted by molar-refractivity contribution is 7.89. The average Bonchev–Trinajstić information content (AvgIpc) is 2.89. The molecule has 1 aromatic carbocycles. The summed E-state index contributed by atoms with van der Waals surface area (Å²) in [6, 6.07) is 10.9. The molecule has 0 fully saturated rings. The first-order valence-electron chi connectivity index (χ1n) is 6.33. The van der Waals surface area contributed by atoms with Crippen LogP contribution in [0.1, 0.15) is 23.4 Å². The highest BCUT2D eigenvalue weighted by Crippen LogP contribution is 2.23. The van der Waals surface area contributed by atoms with Gasteiger partial charge in [0.1, 0.15) is 0 Å². The van der Waals surface area contributed by atoms with Gasteiger partial charge >= 0.3 is 0 Å². The van der Waals surface area contributed by atoms with Crippen LogP contribution in [0, 0.1) is 0 Å². The third-order valence-electron chi connectivity index (χ3n) is 2.96. The molecule has 0 saturated heterocycles. The van der Waals surface area contributed by atoms with Gasteiger partial charge in [0.05, 0.1) is 4.90 Å². The molecule has 1 atom stereocenters. The summed E-state index contributed by atoms with van der Waals surface area (Å²) in [4.78, 5) is 1.18. The van der Waals surface area contributed by atoms with Gasteiger partial charge in [0.15, 0.2) is 0 Å². The highest BCUT2D eigenvalue weighted by Gasteiger charge is 2.22. The van der Waals surface area contributed by atoms with Crippen molar-refractivity contribution in [3.05, 3.63) is 52.2 Å². The van der Waals surface area contributed by atoms with E-state index < -0.39 is 10.0 Å². The summed E-state index contributed by atoms with van der Waals surface area (Å²) in [6.07, 6.45) is 0. The van der Waals surface area contributed by atoms with E-state index in [-0.39, 0.29) is 6.04 Å². The smallest absolute Gasteiger partial charge is 0.242 e. The molecule has 6 heteroatoms. The molecule has 0 amide bonds. The van der Waals surface area contributed by atoms with Crippen LogP contribution in [-0.2, 0) is 16.6 Å². The van der Waals surface area contributed by atoms with Gasteiger partial charge in [0.25, 0.3) is 0 Å². The molecule has 0 aliphatic carbocycles. The second-order valence-corrected chi connectivity index (χ2v) is 7.18. The van der Waals surface area contributed by atoms with Crippen molar-refractivity contribution >= 4 is 21.4 Å². The second kappa shape index (κ2) is 6.49. The number of hydrogen-bond donors (Lipinski definition) is 2. The second-order valence-electron chi connectivity index (χ2n) is 4.49. The number of rotatable bonds is 6. The maximum absolute atomic E-state index is 12.4. The topological polar surface area (TPSA) is 58.2 Å². The van der Waals surface area contributed by atoms with Gasteiger partial charge in [0, 0.05) is 17.5 Å². The maximum atomic E-state index is 12.4. The Hall–Kier alpha value is -1.21. The lowest BCUT2D eigenvalue weighted by Gasteiger charge is -2.15. The minimum absolute atomic E-state index is 0.261. The van der Waals surface area contributed by atoms with Crippen molar-refractivity contribution in [3.63, 3.8) is 0 Å². The van der Waals surface area contributed by atoms with Crippen LogP contribution in [0.3, 0.4) is 0 Å². The average molecular weight is 310 g/mol. The summed E-state index contributed by atoms with van der Waals surface area (Å²) in [5.74, 6) is 0. The summed E-state index contributed by atoms with van der Waals surface area (Å²) in [6.45, 7) is 2.39. The summed E-state index contributed by atoms with van der Waals surface area (Å²) in [5, 5.41) is 4.79. The molecule has 1 unspecified atom stereocenters. The number of sulfonamides is 1. The Labute approximate surface area is 123 Å². The van der Waals surface area contributed by atoms with Gasteiger partial charge in [-0.3, -0.25) is 0 Å². The van der Waals surface area contributed by atoms with Crippen molar-refractivity contribution in [2.24, 2.45) is 0 Å². The van der Waals surface area contributed by atoms with Gasteiger partial charge < -0.3 is 5.32 Å². The van der Waals surface area contributed by atoms with Crippen LogP contribution in [0.4, 0.5) is 0 Å². The first kappa shape index (κ1) is 15.2. The molecule has 108 valence electrons. The van der Waals surface area contributed by atoms with E-state index >= 15 is 0 Å². The van der Waals surface area contributed by atoms with E-state index in [4.69, 9.17) is 0 Å². The Bertz CT molecular complexity index is 651. The number of thiophene rings is 1. The predicted molar refractivity (Wildman–Crippen MR) is 82.3 cm³/mol. The molecule has 2 aromatic rings. The standard InChI is InChI=1S/C14H18N2O2S2/c1-11(12-6-4-3-5-7-12)16-20(17,18)14-8-9-19-13(14)10-15-2/h3-9,11,15-16H,10H2,1-2H3. The molecule has 0 bridgehead atoms. The van der Waals surface area contributed by atoms with E-state index in [9.17, 15) is 8.42 Å². The molecule has 1 heterocycles. The minimum Gasteiger partial charge on any atom is -0.315 e. The fourth-order valence-electron chi connectivity index (χ4n) is 1.96. The van der Waals surface area contributed by atoms with Crippen LogP contribution in [0.2, 0.25) is 0 Å². The van der Waals surface area contributed by atoms with Crippen molar-refractivity contribution in [2.75, 3.05) is 7.05 Å². The Morgan fingerprint density at radius 2 is 1.90 bits per heavy atom. The van der Waals surface area contributed by atoms with Crippen LogP contribution < -0.4 is 10.0 Å². The molecule has 4 nitrogen and oxygen atoms in total. The molecule has 0 saturated carbocycles. The largest absolute Gasteiger partial charge is 0.315 e. The molecule has 0 spiro atoms. The molecular weight excluding hydrogens is 292 g/mol. The van der Waals surface area contributed by atoms with E-state index in [2.05, 4.69) is 10.0 Å². The Morgan fingerprint density at radius 1 is 1.20 bits per heavy atom. The number of hydrogen-bond acceptors (Lipinski definition) is 4. The van der Waals surface area contributed by atoms with Crippen molar-refractivity contribution in [1.29, 1.82) is 0 Å². The first-order chi connectivity index (χ1) is 9.54. The molecule has 20 heavy (non-hydrogen) atoms. The first-order valence-corrected chi connectivity index (χ1v) is 8.69. The normalized spacial score (nSPS) is 13.3. The molecule has 0 aliphatic heterocycles. The van der Waals surface area contributed by atoms with E-state index in [1.54, 1.807) is 18.5 Å². The van der Waals surface area contributed by atoms with E-state index in [1.807, 2.05) is 37.3 Å². The third-order valence-corrected chi connectivity index (χ3v) is 5.64. The fraction of sp³-hybridized carbons (Fsp3) is 0.286. The van der Waals surface area contributed by atoms with Crippen molar-refractivity contribution < 1.29 is 8.42 Å². The zero-order valence-electron chi connectivity index (χ0n) is 11.5. The lowest BCUT2D eigenvalue weighted by molar-refractivity contribution is 0.566. The number of nitrogens with one attached hydrogen (secondary N) is 2. The van der Waals surface area contributed by atoms with Gasteiger partial charge in [-0.1, -0.05) is 30.3 Å². The molecule has 1 aromatic heterocycles. The van der Waals surface area contributed by atoms with Crippen molar-refractivity contribution in [1.82, 2.24) is 10.0 Å². The summed E-state index contributed by atoms with van der Waals surface area (Å²) < 4.78 is 27.6. The Kier molecular flexibility index (Phi) is 4.93. The summed E-state index contributed by atoms with van der Waals surface area (Å²) in [7, 11) is -1.70. The Morgan fingerprint density at radius 3 is 2.55 bits per heavy atom. The molecule has 0 aliphatic rings. The van der Waals surface area contributed by atoms with Crippen LogP contribution in [0.5, 0.6) is 0 Å². The van der Waals surface area contributed by atoms with E-state index in [0.29, 0.717) is 11.4 Å². The monoisotopic (exact) mass is 310 g/mol. The van der Waals surface area contributed by atoms with Crippen molar-refractivity contribution in [2.45, 2.75) is 24.4 Å². The van der Waals surface area contributed by atoms with Gasteiger partial charge in [0.2, 0.25) is 10.0 Å². The molecular formula is C14H18N2O2S2. The summed E-state index contributed by atoms with van der Waals surface area (Å²) >= 11 is 1.44. The maximum Gasteiger partial charge on any atom is 0.242 e. The zero-order chi connectivity index (χ0) is 14.6. The lowest BCUT2D eigenvalue weighted by atomic mass is 10.1. The van der Waals surface area contributed by atoms with E-state index in [1.165, 1.54) is 11.3 Å². The highest BCUT2D eigenvalue weighted by atomic mass is 32.2. The van der Waals surface area contributed by atoms with Gasteiger partial charge in [-0.25, -0.2) is 13.1 Å². The Balaban J connectivity index is 2.21. The van der Waals surface area contributed by atoms with Crippen molar-refractivity contribution in [3.8, 4) is 0 Å². The molecule has 0 radical (unpaired) electrons. The minimum atomic E-state index is -3.50. The third kappa shape index (κ3) is 3.46. The lowest BCUT2D eigenvalue weighted by Crippen LogP contribution is -2.27. The summed E-state index contributed by atoms with van der Waals surface area (Å²) in [5.41, 5.74) is 0.946. The fourth-order valence-corrected chi connectivity index (χ4v) is 4.65. The van der Waals surface area contributed by atoms with Gasteiger partial charge in [-0.15, -0.1) is 11.3 Å². The SMILES string of the molecule is CNCc1sccc1S(=O)(=O)NC(C)c1ccccc1. The predicted octanol–water partition coefficient (Wildman–Crippen LogP) is 2.51. The molecule has 2 rings (SSSR count). The van der Waals surface area contributed by atoms with Crippen LogP contribution in [0.25, 0.3) is 0 Å². The number of benzene rings is 1. The zero-order valence-corrected chi connectivity index (χ0v) is 13.1. The van der Waals surface area contributed by atoms with Crippen LogP contribution in [-0.4, -0.2) is 15.5 Å².